The molecular formula is C8H9N3O3S. The summed E-state index contributed by atoms with van der Waals surface area (Å²) in [4.78, 5) is 27.7. The quantitative estimate of drug-likeness (QED) is 0.817. The van der Waals surface area contributed by atoms with Gasteiger partial charge in [-0.15, -0.1) is 11.3 Å². The van der Waals surface area contributed by atoms with Crippen molar-refractivity contribution >= 4 is 28.5 Å². The van der Waals surface area contributed by atoms with E-state index in [0.717, 1.165) is 0 Å². The van der Waals surface area contributed by atoms with Gasteiger partial charge in [0.25, 0.3) is 0 Å². The van der Waals surface area contributed by atoms with Crippen LogP contribution in [0, 0.1) is 0 Å². The Morgan fingerprint density at radius 3 is 3.20 bits per heavy atom. The Bertz CT molecular complexity index is 365. The number of cyclic esters (lactones) is 1. The van der Waals surface area contributed by atoms with Gasteiger partial charge in [0.2, 0.25) is 5.91 Å². The molecule has 2 amide bonds. The number of nitrogens with one attached hydrogen (secondary N) is 1. The van der Waals surface area contributed by atoms with Crippen LogP contribution in [0.2, 0.25) is 0 Å². The average Bonchev–Trinajstić information content (AvgIpc) is 2.79. The molecule has 1 aliphatic rings. The van der Waals surface area contributed by atoms with Crippen LogP contribution in [-0.2, 0) is 9.53 Å². The summed E-state index contributed by atoms with van der Waals surface area (Å²) in [6.45, 7) is 0.825. The predicted octanol–water partition coefficient (Wildman–Crippen LogP) is 0.534. The number of carbonyl (C=O) groups is 2. The number of aromatic nitrogens is 1. The lowest BCUT2D eigenvalue weighted by atomic mass is 10.5. The molecule has 0 saturated carbocycles. The monoisotopic (exact) mass is 227 g/mol. The van der Waals surface area contributed by atoms with Crippen LogP contribution in [0.15, 0.2) is 11.6 Å². The molecule has 1 aliphatic heterocycles. The minimum atomic E-state index is -0.440. The van der Waals surface area contributed by atoms with Crippen LogP contribution in [0.3, 0.4) is 0 Å². The Hall–Kier alpha value is -1.63. The van der Waals surface area contributed by atoms with Crippen LogP contribution in [0.4, 0.5) is 9.93 Å². The fraction of sp³-hybridized carbons (Fsp3) is 0.375. The normalized spacial score (nSPS) is 15.2. The molecule has 80 valence electrons. The smallest absolute Gasteiger partial charge is 0.410 e. The van der Waals surface area contributed by atoms with Crippen LogP contribution in [0.1, 0.15) is 0 Å². The first-order chi connectivity index (χ1) is 7.25. The van der Waals surface area contributed by atoms with Gasteiger partial charge in [-0.25, -0.2) is 9.78 Å². The third kappa shape index (κ3) is 2.44. The van der Waals surface area contributed by atoms with Crippen LogP contribution in [-0.4, -0.2) is 41.6 Å². The number of nitrogens with zero attached hydrogens (tertiary/aromatic N) is 2. The third-order valence-corrected chi connectivity index (χ3v) is 2.55. The largest absolute Gasteiger partial charge is 0.448 e. The number of rotatable bonds is 3. The Labute approximate surface area is 89.9 Å². The maximum atomic E-state index is 11.4. The Morgan fingerprint density at radius 1 is 1.73 bits per heavy atom. The lowest BCUT2D eigenvalue weighted by Crippen LogP contribution is -2.33. The van der Waals surface area contributed by atoms with Crippen LogP contribution >= 0.6 is 11.3 Å². The van der Waals surface area contributed by atoms with Gasteiger partial charge in [0, 0.05) is 11.6 Å². The molecule has 0 spiro atoms. The summed E-state index contributed by atoms with van der Waals surface area (Å²) in [6, 6.07) is 0. The van der Waals surface area contributed by atoms with E-state index < -0.39 is 6.09 Å². The standard InChI is InChI=1S/C8H9N3O3S/c12-6(10-7-9-1-4-15-7)5-11-2-3-14-8(11)13/h1,4H,2-3,5H2,(H,9,10,12). The van der Waals surface area contributed by atoms with Crippen LogP contribution in [0.25, 0.3) is 0 Å². The molecule has 0 radical (unpaired) electrons. The summed E-state index contributed by atoms with van der Waals surface area (Å²) in [7, 11) is 0. The van der Waals surface area contributed by atoms with E-state index in [-0.39, 0.29) is 12.5 Å². The minimum Gasteiger partial charge on any atom is -0.448 e. The van der Waals surface area contributed by atoms with Crippen molar-refractivity contribution in [1.82, 2.24) is 9.88 Å². The molecule has 0 aromatic carbocycles. The van der Waals surface area contributed by atoms with Gasteiger partial charge in [-0.2, -0.15) is 0 Å². The molecule has 0 aliphatic carbocycles. The van der Waals surface area contributed by atoms with Gasteiger partial charge in [-0.05, 0) is 0 Å². The molecule has 0 atom stereocenters. The zero-order valence-electron chi connectivity index (χ0n) is 7.80. The number of carbonyl (C=O) groups excluding carboxylic acids is 2. The summed E-state index contributed by atoms with van der Waals surface area (Å²) in [6.07, 6.45) is 1.16. The van der Waals surface area contributed by atoms with Gasteiger partial charge in [0.1, 0.15) is 13.2 Å². The lowest BCUT2D eigenvalue weighted by Gasteiger charge is -2.10. The van der Waals surface area contributed by atoms with Crippen molar-refractivity contribution in [2.75, 3.05) is 25.0 Å². The molecule has 0 bridgehead atoms. The molecular weight excluding hydrogens is 218 g/mol. The van der Waals surface area contributed by atoms with Gasteiger partial charge >= 0.3 is 6.09 Å². The molecule has 6 nitrogen and oxygen atoms in total. The van der Waals surface area contributed by atoms with Crippen molar-refractivity contribution in [3.8, 4) is 0 Å². The predicted molar refractivity (Wildman–Crippen MR) is 53.7 cm³/mol. The van der Waals surface area contributed by atoms with E-state index in [1.807, 2.05) is 0 Å². The highest BCUT2D eigenvalue weighted by Gasteiger charge is 2.24. The van der Waals surface area contributed by atoms with Crippen molar-refractivity contribution in [3.05, 3.63) is 11.6 Å². The number of thiazole rings is 1. The molecule has 7 heteroatoms. The molecule has 15 heavy (non-hydrogen) atoms. The lowest BCUT2D eigenvalue weighted by molar-refractivity contribution is -0.116. The summed E-state index contributed by atoms with van der Waals surface area (Å²) in [5, 5.41) is 4.89. The van der Waals surface area contributed by atoms with Gasteiger partial charge < -0.3 is 10.1 Å². The highest BCUT2D eigenvalue weighted by Crippen LogP contribution is 2.10. The summed E-state index contributed by atoms with van der Waals surface area (Å²) in [5.74, 6) is -0.260. The summed E-state index contributed by atoms with van der Waals surface area (Å²) >= 11 is 1.33. The molecule has 2 heterocycles. The molecule has 1 fully saturated rings. The number of ether oxygens (including phenoxy) is 1. The van der Waals surface area contributed by atoms with E-state index in [9.17, 15) is 9.59 Å². The molecule has 1 aromatic heterocycles. The molecule has 1 aromatic rings. The highest BCUT2D eigenvalue weighted by atomic mass is 32.1. The van der Waals surface area contributed by atoms with Crippen LogP contribution < -0.4 is 5.32 Å². The Balaban J connectivity index is 1.84. The minimum absolute atomic E-state index is 0.0123. The second-order valence-corrected chi connectivity index (χ2v) is 3.82. The second kappa shape index (κ2) is 4.26. The van der Waals surface area contributed by atoms with E-state index in [2.05, 4.69) is 10.3 Å². The van der Waals surface area contributed by atoms with Crippen molar-refractivity contribution in [3.63, 3.8) is 0 Å². The summed E-state index contributed by atoms with van der Waals surface area (Å²) in [5.41, 5.74) is 0. The first-order valence-corrected chi connectivity index (χ1v) is 5.25. The van der Waals surface area contributed by atoms with Crippen LogP contribution in [0.5, 0.6) is 0 Å². The maximum Gasteiger partial charge on any atom is 0.410 e. The number of hydrogen-bond acceptors (Lipinski definition) is 5. The van der Waals surface area contributed by atoms with Crippen molar-refractivity contribution < 1.29 is 14.3 Å². The van der Waals surface area contributed by atoms with E-state index in [1.165, 1.54) is 16.2 Å². The van der Waals surface area contributed by atoms with Gasteiger partial charge in [-0.1, -0.05) is 0 Å². The molecule has 1 saturated heterocycles. The second-order valence-electron chi connectivity index (χ2n) is 2.92. The average molecular weight is 227 g/mol. The highest BCUT2D eigenvalue weighted by molar-refractivity contribution is 7.13. The number of hydrogen-bond donors (Lipinski definition) is 1. The zero-order valence-corrected chi connectivity index (χ0v) is 8.62. The van der Waals surface area contributed by atoms with Crippen molar-refractivity contribution in [1.29, 1.82) is 0 Å². The number of anilines is 1. The van der Waals surface area contributed by atoms with Gasteiger partial charge in [0.15, 0.2) is 5.13 Å². The zero-order chi connectivity index (χ0) is 10.7. The SMILES string of the molecule is O=C(CN1CCOC1=O)Nc1nccs1. The first-order valence-electron chi connectivity index (χ1n) is 4.37. The first kappa shape index (κ1) is 9.91. The fourth-order valence-electron chi connectivity index (χ4n) is 1.19. The van der Waals surface area contributed by atoms with E-state index in [1.54, 1.807) is 11.6 Å². The van der Waals surface area contributed by atoms with Crippen molar-refractivity contribution in [2.24, 2.45) is 0 Å². The fourth-order valence-corrected chi connectivity index (χ4v) is 1.73. The Kier molecular flexibility index (Phi) is 2.82. The van der Waals surface area contributed by atoms with Gasteiger partial charge in [0.05, 0.1) is 6.54 Å². The maximum absolute atomic E-state index is 11.4. The molecule has 0 unspecified atom stereocenters. The van der Waals surface area contributed by atoms with E-state index >= 15 is 0 Å². The van der Waals surface area contributed by atoms with Gasteiger partial charge in [-0.3, -0.25) is 9.69 Å². The summed E-state index contributed by atoms with van der Waals surface area (Å²) < 4.78 is 4.70. The number of amides is 2. The van der Waals surface area contributed by atoms with E-state index in [4.69, 9.17) is 4.74 Å². The molecule has 2 rings (SSSR count). The third-order valence-electron chi connectivity index (χ3n) is 1.86. The molecule has 1 N–H and O–H groups in total. The van der Waals surface area contributed by atoms with E-state index in [0.29, 0.717) is 18.3 Å². The topological polar surface area (TPSA) is 71.5 Å². The Morgan fingerprint density at radius 2 is 2.60 bits per heavy atom. The van der Waals surface area contributed by atoms with Crippen molar-refractivity contribution in [2.45, 2.75) is 0 Å².